The van der Waals surface area contributed by atoms with Crippen molar-refractivity contribution in [1.29, 1.82) is 0 Å². The number of unbranched alkanes of at least 4 members (excludes halogenated alkanes) is 10. The van der Waals surface area contributed by atoms with Crippen molar-refractivity contribution in [3.63, 3.8) is 0 Å². The predicted molar refractivity (Wildman–Crippen MR) is 79.1 cm³/mol. The fraction of sp³-hybridized carbons (Fsp3) is 0.765. The standard InChI is InChI=1S/C17H28O/c1-2-3-4-5-6-7-8-9-10-11-12-13-14-15-16-17-18/h18H,2-12,17H2,1H3. The minimum absolute atomic E-state index is 0.0903. The van der Waals surface area contributed by atoms with Crippen molar-refractivity contribution in [2.24, 2.45) is 0 Å². The van der Waals surface area contributed by atoms with E-state index < -0.39 is 0 Å². The molecule has 0 unspecified atom stereocenters. The summed E-state index contributed by atoms with van der Waals surface area (Å²) in [5.41, 5.74) is 0. The molecule has 0 aliphatic heterocycles. The van der Waals surface area contributed by atoms with Crippen molar-refractivity contribution in [3.8, 4) is 23.7 Å². The van der Waals surface area contributed by atoms with Gasteiger partial charge in [-0.2, -0.15) is 0 Å². The van der Waals surface area contributed by atoms with Gasteiger partial charge in [-0.15, -0.1) is 0 Å². The molecule has 1 nitrogen and oxygen atoms in total. The summed E-state index contributed by atoms with van der Waals surface area (Å²) in [6.45, 7) is 2.17. The molecule has 102 valence electrons. The van der Waals surface area contributed by atoms with Crippen LogP contribution in [0.1, 0.15) is 77.6 Å². The van der Waals surface area contributed by atoms with E-state index in [-0.39, 0.29) is 6.61 Å². The molecule has 1 heteroatoms. The lowest BCUT2D eigenvalue weighted by Gasteiger charge is -2.00. The SMILES string of the molecule is CCCCCCCCCCCCC#CC#CCO. The van der Waals surface area contributed by atoms with Crippen molar-refractivity contribution < 1.29 is 5.11 Å². The summed E-state index contributed by atoms with van der Waals surface area (Å²) in [6, 6.07) is 0. The van der Waals surface area contributed by atoms with Crippen LogP contribution in [0.25, 0.3) is 0 Å². The highest BCUT2D eigenvalue weighted by molar-refractivity contribution is 5.25. The monoisotopic (exact) mass is 248 g/mol. The zero-order valence-corrected chi connectivity index (χ0v) is 11.9. The number of hydrogen-bond donors (Lipinski definition) is 1. The van der Waals surface area contributed by atoms with Crippen LogP contribution in [0.2, 0.25) is 0 Å². The number of aliphatic hydroxyl groups is 1. The van der Waals surface area contributed by atoms with Crippen LogP contribution in [0.15, 0.2) is 0 Å². The lowest BCUT2D eigenvalue weighted by atomic mass is 10.1. The first-order valence-electron chi connectivity index (χ1n) is 7.48. The van der Waals surface area contributed by atoms with Crippen LogP contribution in [0.4, 0.5) is 0 Å². The van der Waals surface area contributed by atoms with Gasteiger partial charge < -0.3 is 5.11 Å². The summed E-state index contributed by atoms with van der Waals surface area (Å²) in [6.07, 6.45) is 14.5. The molecular weight excluding hydrogens is 220 g/mol. The quantitative estimate of drug-likeness (QED) is 0.451. The molecular formula is C17H28O. The van der Waals surface area contributed by atoms with Crippen molar-refractivity contribution in [2.75, 3.05) is 6.61 Å². The normalized spacial score (nSPS) is 9.22. The van der Waals surface area contributed by atoms with Gasteiger partial charge in [0.2, 0.25) is 0 Å². The zero-order chi connectivity index (χ0) is 13.3. The van der Waals surface area contributed by atoms with Crippen LogP contribution < -0.4 is 0 Å². The highest BCUT2D eigenvalue weighted by atomic mass is 16.2. The van der Waals surface area contributed by atoms with E-state index in [1.54, 1.807) is 0 Å². The Morgan fingerprint density at radius 3 is 1.72 bits per heavy atom. The van der Waals surface area contributed by atoms with Gasteiger partial charge in [-0.3, -0.25) is 0 Å². The van der Waals surface area contributed by atoms with Gasteiger partial charge in [0.15, 0.2) is 0 Å². The Morgan fingerprint density at radius 1 is 0.667 bits per heavy atom. The first kappa shape index (κ1) is 17.1. The molecule has 0 aliphatic carbocycles. The highest BCUT2D eigenvalue weighted by Crippen LogP contribution is 2.10. The molecule has 0 radical (unpaired) electrons. The lowest BCUT2D eigenvalue weighted by Crippen LogP contribution is -1.81. The lowest BCUT2D eigenvalue weighted by molar-refractivity contribution is 0.350. The summed E-state index contributed by atoms with van der Waals surface area (Å²) in [5.74, 6) is 10.9. The third-order valence-electron chi connectivity index (χ3n) is 2.97. The van der Waals surface area contributed by atoms with Crippen LogP contribution in [0.5, 0.6) is 0 Å². The summed E-state index contributed by atoms with van der Waals surface area (Å²) >= 11 is 0. The van der Waals surface area contributed by atoms with Gasteiger partial charge in [0, 0.05) is 6.42 Å². The Balaban J connectivity index is 3.09. The molecule has 0 aliphatic rings. The summed E-state index contributed by atoms with van der Waals surface area (Å²) < 4.78 is 0. The molecule has 0 bridgehead atoms. The topological polar surface area (TPSA) is 20.2 Å². The Hall–Kier alpha value is -0.920. The fourth-order valence-corrected chi connectivity index (χ4v) is 1.89. The average Bonchev–Trinajstić information content (AvgIpc) is 2.39. The van der Waals surface area contributed by atoms with Gasteiger partial charge in [-0.25, -0.2) is 0 Å². The zero-order valence-electron chi connectivity index (χ0n) is 11.9. The Bertz CT molecular complexity index is 271. The Labute approximate surface area is 113 Å². The summed E-state index contributed by atoms with van der Waals surface area (Å²) in [4.78, 5) is 0. The van der Waals surface area contributed by atoms with Gasteiger partial charge in [0.1, 0.15) is 6.61 Å². The fourth-order valence-electron chi connectivity index (χ4n) is 1.89. The number of rotatable bonds is 10. The maximum absolute atomic E-state index is 8.42. The molecule has 18 heavy (non-hydrogen) atoms. The van der Waals surface area contributed by atoms with E-state index >= 15 is 0 Å². The van der Waals surface area contributed by atoms with Gasteiger partial charge in [0.05, 0.1) is 0 Å². The first-order chi connectivity index (χ1) is 8.91. The van der Waals surface area contributed by atoms with E-state index in [1.807, 2.05) is 0 Å². The van der Waals surface area contributed by atoms with E-state index in [1.165, 1.54) is 64.2 Å². The van der Waals surface area contributed by atoms with Gasteiger partial charge >= 0.3 is 0 Å². The van der Waals surface area contributed by atoms with E-state index in [2.05, 4.69) is 30.6 Å². The van der Waals surface area contributed by atoms with Crippen molar-refractivity contribution in [2.45, 2.75) is 77.6 Å². The average molecular weight is 248 g/mol. The molecule has 1 N–H and O–H groups in total. The molecule has 0 heterocycles. The molecule has 0 amide bonds. The third-order valence-corrected chi connectivity index (χ3v) is 2.97. The molecule has 0 spiro atoms. The van der Waals surface area contributed by atoms with Crippen LogP contribution in [0, 0.1) is 23.7 Å². The third kappa shape index (κ3) is 15.1. The number of aliphatic hydroxyl groups excluding tert-OH is 1. The molecule has 0 aromatic heterocycles. The first-order valence-corrected chi connectivity index (χ1v) is 7.48. The van der Waals surface area contributed by atoms with Crippen molar-refractivity contribution >= 4 is 0 Å². The largest absolute Gasteiger partial charge is 0.384 e. The summed E-state index contributed by atoms with van der Waals surface area (Å²) in [7, 11) is 0. The van der Waals surface area contributed by atoms with Crippen molar-refractivity contribution in [1.82, 2.24) is 0 Å². The minimum Gasteiger partial charge on any atom is -0.384 e. The Kier molecular flexibility index (Phi) is 15.3. The molecule has 0 aromatic rings. The van der Waals surface area contributed by atoms with Gasteiger partial charge in [-0.1, -0.05) is 76.6 Å². The molecule has 0 fully saturated rings. The van der Waals surface area contributed by atoms with Crippen LogP contribution in [-0.4, -0.2) is 11.7 Å². The van der Waals surface area contributed by atoms with E-state index in [4.69, 9.17) is 5.11 Å². The van der Waals surface area contributed by atoms with Crippen molar-refractivity contribution in [3.05, 3.63) is 0 Å². The minimum atomic E-state index is -0.0903. The Morgan fingerprint density at radius 2 is 1.17 bits per heavy atom. The van der Waals surface area contributed by atoms with Crippen LogP contribution >= 0.6 is 0 Å². The second-order valence-electron chi connectivity index (χ2n) is 4.69. The predicted octanol–water partition coefficient (Wildman–Crippen LogP) is 4.30. The molecule has 0 aromatic carbocycles. The van der Waals surface area contributed by atoms with Gasteiger partial charge in [0.25, 0.3) is 0 Å². The van der Waals surface area contributed by atoms with Crippen LogP contribution in [-0.2, 0) is 0 Å². The second kappa shape index (κ2) is 16.1. The maximum Gasteiger partial charge on any atom is 0.105 e. The molecule has 0 saturated carbocycles. The van der Waals surface area contributed by atoms with E-state index in [9.17, 15) is 0 Å². The van der Waals surface area contributed by atoms with E-state index in [0.29, 0.717) is 0 Å². The molecule has 0 saturated heterocycles. The maximum atomic E-state index is 8.42. The second-order valence-corrected chi connectivity index (χ2v) is 4.69. The highest BCUT2D eigenvalue weighted by Gasteiger charge is 1.91. The molecule has 0 rings (SSSR count). The summed E-state index contributed by atoms with van der Waals surface area (Å²) in [5, 5.41) is 8.42. The van der Waals surface area contributed by atoms with Crippen LogP contribution in [0.3, 0.4) is 0 Å². The van der Waals surface area contributed by atoms with Gasteiger partial charge in [-0.05, 0) is 18.3 Å². The van der Waals surface area contributed by atoms with E-state index in [0.717, 1.165) is 6.42 Å². The number of hydrogen-bond acceptors (Lipinski definition) is 1. The smallest absolute Gasteiger partial charge is 0.105 e. The molecule has 0 atom stereocenters.